The molecular formula is C25H27N3O4. The molecule has 0 bridgehead atoms. The molecule has 1 aromatic heterocycles. The van der Waals surface area contributed by atoms with E-state index in [0.29, 0.717) is 19.7 Å². The largest absolute Gasteiger partial charge is 0.494 e. The normalized spacial score (nSPS) is 16.6. The number of hydrogen-bond acceptors (Lipinski definition) is 5. The SMILES string of the molecule is CCONC(=O)N1CCC2(CC1)Cc1cc(-c3ccc4cccnc4c3OC)ccc1O2. The van der Waals surface area contributed by atoms with Gasteiger partial charge in [0.1, 0.15) is 16.9 Å². The molecule has 1 saturated heterocycles. The predicted octanol–water partition coefficient (Wildman–Crippen LogP) is 4.34. The van der Waals surface area contributed by atoms with Gasteiger partial charge in [-0.15, -0.1) is 0 Å². The number of hydrogen-bond donors (Lipinski definition) is 1. The number of urea groups is 1. The number of amides is 2. The topological polar surface area (TPSA) is 72.9 Å². The van der Waals surface area contributed by atoms with E-state index < -0.39 is 0 Å². The summed E-state index contributed by atoms with van der Waals surface area (Å²) in [5.74, 6) is 1.71. The molecule has 166 valence electrons. The van der Waals surface area contributed by atoms with Gasteiger partial charge >= 0.3 is 6.03 Å². The average molecular weight is 434 g/mol. The minimum atomic E-state index is -0.252. The molecule has 3 heterocycles. The first-order valence-corrected chi connectivity index (χ1v) is 11.0. The van der Waals surface area contributed by atoms with E-state index >= 15 is 0 Å². The van der Waals surface area contributed by atoms with Crippen LogP contribution in [0.3, 0.4) is 0 Å². The maximum atomic E-state index is 12.2. The number of likely N-dealkylation sites (tertiary alicyclic amines) is 1. The van der Waals surface area contributed by atoms with Crippen LogP contribution in [0.4, 0.5) is 4.79 Å². The van der Waals surface area contributed by atoms with Crippen molar-refractivity contribution >= 4 is 16.9 Å². The molecule has 3 aromatic rings. The molecule has 0 unspecified atom stereocenters. The summed E-state index contributed by atoms with van der Waals surface area (Å²) in [6.45, 7) is 3.57. The Labute approximate surface area is 187 Å². The first-order chi connectivity index (χ1) is 15.6. The highest BCUT2D eigenvalue weighted by atomic mass is 16.7. The number of carbonyl (C=O) groups is 1. The first-order valence-electron chi connectivity index (χ1n) is 11.0. The molecule has 2 aliphatic rings. The molecule has 0 aliphatic carbocycles. The number of hydroxylamine groups is 1. The van der Waals surface area contributed by atoms with E-state index in [0.717, 1.165) is 52.8 Å². The minimum absolute atomic E-state index is 0.184. The number of carbonyl (C=O) groups excluding carboxylic acids is 1. The number of piperidine rings is 1. The number of benzene rings is 2. The Hall–Kier alpha value is -3.32. The van der Waals surface area contributed by atoms with Crippen LogP contribution < -0.4 is 15.0 Å². The molecule has 1 N–H and O–H groups in total. The molecule has 1 fully saturated rings. The maximum absolute atomic E-state index is 12.2. The molecule has 1 spiro atoms. The van der Waals surface area contributed by atoms with E-state index in [1.807, 2.05) is 19.1 Å². The van der Waals surface area contributed by atoms with Crippen molar-refractivity contribution in [2.45, 2.75) is 31.8 Å². The Morgan fingerprint density at radius 2 is 2.06 bits per heavy atom. The lowest BCUT2D eigenvalue weighted by Crippen LogP contribution is -2.51. The number of pyridine rings is 1. The Balaban J connectivity index is 1.36. The number of nitrogens with one attached hydrogen (secondary N) is 1. The summed E-state index contributed by atoms with van der Waals surface area (Å²) in [7, 11) is 1.69. The third-order valence-corrected chi connectivity index (χ3v) is 6.41. The summed E-state index contributed by atoms with van der Waals surface area (Å²) in [6.07, 6.45) is 4.21. The van der Waals surface area contributed by atoms with Gasteiger partial charge in [0.05, 0.1) is 13.7 Å². The third-order valence-electron chi connectivity index (χ3n) is 6.41. The Kier molecular flexibility index (Phi) is 5.35. The average Bonchev–Trinajstić information content (AvgIpc) is 3.18. The van der Waals surface area contributed by atoms with E-state index in [4.69, 9.17) is 14.3 Å². The van der Waals surface area contributed by atoms with Gasteiger partial charge in [-0.2, -0.15) is 0 Å². The molecule has 0 radical (unpaired) electrons. The van der Waals surface area contributed by atoms with Crippen LogP contribution in [0.5, 0.6) is 11.5 Å². The highest BCUT2D eigenvalue weighted by Crippen LogP contribution is 2.44. The highest BCUT2D eigenvalue weighted by molar-refractivity contribution is 5.92. The van der Waals surface area contributed by atoms with Gasteiger partial charge in [0, 0.05) is 49.5 Å². The molecule has 2 aromatic carbocycles. The van der Waals surface area contributed by atoms with Gasteiger partial charge in [-0.25, -0.2) is 10.3 Å². The van der Waals surface area contributed by atoms with Crippen LogP contribution in [0.15, 0.2) is 48.7 Å². The lowest BCUT2D eigenvalue weighted by Gasteiger charge is -2.38. The van der Waals surface area contributed by atoms with Gasteiger partial charge in [-0.3, -0.25) is 9.82 Å². The predicted molar refractivity (Wildman–Crippen MR) is 122 cm³/mol. The first kappa shape index (κ1) is 20.6. The molecule has 0 atom stereocenters. The van der Waals surface area contributed by atoms with Crippen LogP contribution in [-0.2, 0) is 11.3 Å². The van der Waals surface area contributed by atoms with Gasteiger partial charge in [-0.05, 0) is 42.3 Å². The Morgan fingerprint density at radius 1 is 1.22 bits per heavy atom. The van der Waals surface area contributed by atoms with Crippen molar-refractivity contribution in [1.82, 2.24) is 15.4 Å². The molecule has 0 saturated carbocycles. The zero-order valence-corrected chi connectivity index (χ0v) is 18.4. The zero-order chi connectivity index (χ0) is 22.1. The number of nitrogens with zero attached hydrogens (tertiary/aromatic N) is 2. The van der Waals surface area contributed by atoms with Crippen molar-refractivity contribution in [3.8, 4) is 22.6 Å². The van der Waals surface area contributed by atoms with Crippen LogP contribution in [0.25, 0.3) is 22.0 Å². The summed E-state index contributed by atoms with van der Waals surface area (Å²) in [4.78, 5) is 23.5. The lowest BCUT2D eigenvalue weighted by molar-refractivity contribution is 0.0137. The molecular weight excluding hydrogens is 406 g/mol. The van der Waals surface area contributed by atoms with E-state index in [9.17, 15) is 4.79 Å². The van der Waals surface area contributed by atoms with Crippen molar-refractivity contribution in [3.05, 3.63) is 54.2 Å². The second-order valence-corrected chi connectivity index (χ2v) is 8.33. The summed E-state index contributed by atoms with van der Waals surface area (Å²) < 4.78 is 12.2. The Bertz CT molecular complexity index is 1160. The number of ether oxygens (including phenoxy) is 2. The number of fused-ring (bicyclic) bond motifs is 2. The Morgan fingerprint density at radius 3 is 2.84 bits per heavy atom. The molecule has 2 aliphatic heterocycles. The summed E-state index contributed by atoms with van der Waals surface area (Å²) in [5, 5.41) is 1.05. The van der Waals surface area contributed by atoms with Gasteiger partial charge < -0.3 is 14.4 Å². The number of rotatable bonds is 4. The van der Waals surface area contributed by atoms with Crippen molar-refractivity contribution in [2.75, 3.05) is 26.8 Å². The third kappa shape index (κ3) is 3.62. The fourth-order valence-electron chi connectivity index (χ4n) is 4.75. The molecule has 5 rings (SSSR count). The fourth-order valence-corrected chi connectivity index (χ4v) is 4.75. The number of methoxy groups -OCH3 is 1. The quantitative estimate of drug-likeness (QED) is 0.620. The minimum Gasteiger partial charge on any atom is -0.494 e. The van der Waals surface area contributed by atoms with Gasteiger partial charge in [0.2, 0.25) is 0 Å². The monoisotopic (exact) mass is 433 g/mol. The molecule has 2 amide bonds. The van der Waals surface area contributed by atoms with Crippen molar-refractivity contribution in [2.24, 2.45) is 0 Å². The molecule has 32 heavy (non-hydrogen) atoms. The van der Waals surface area contributed by atoms with Crippen LogP contribution in [-0.4, -0.2) is 48.3 Å². The summed E-state index contributed by atoms with van der Waals surface area (Å²) in [6, 6.07) is 14.3. The number of aromatic nitrogens is 1. The smallest absolute Gasteiger partial charge is 0.341 e. The van der Waals surface area contributed by atoms with Crippen LogP contribution >= 0.6 is 0 Å². The van der Waals surface area contributed by atoms with Crippen LogP contribution in [0, 0.1) is 0 Å². The van der Waals surface area contributed by atoms with E-state index in [1.165, 1.54) is 5.56 Å². The molecule has 7 heteroatoms. The maximum Gasteiger partial charge on any atom is 0.341 e. The van der Waals surface area contributed by atoms with E-state index in [2.05, 4.69) is 40.8 Å². The van der Waals surface area contributed by atoms with Crippen LogP contribution in [0.1, 0.15) is 25.3 Å². The summed E-state index contributed by atoms with van der Waals surface area (Å²) >= 11 is 0. The van der Waals surface area contributed by atoms with Crippen LogP contribution in [0.2, 0.25) is 0 Å². The van der Waals surface area contributed by atoms with Gasteiger partial charge in [-0.1, -0.05) is 18.2 Å². The van der Waals surface area contributed by atoms with E-state index in [1.54, 1.807) is 18.2 Å². The highest BCUT2D eigenvalue weighted by Gasteiger charge is 2.43. The molecule has 7 nitrogen and oxygen atoms in total. The van der Waals surface area contributed by atoms with Crippen molar-refractivity contribution in [3.63, 3.8) is 0 Å². The zero-order valence-electron chi connectivity index (χ0n) is 18.4. The summed E-state index contributed by atoms with van der Waals surface area (Å²) in [5.41, 5.74) is 6.38. The van der Waals surface area contributed by atoms with Crippen molar-refractivity contribution in [1.29, 1.82) is 0 Å². The van der Waals surface area contributed by atoms with Gasteiger partial charge in [0.15, 0.2) is 5.75 Å². The second-order valence-electron chi connectivity index (χ2n) is 8.33. The van der Waals surface area contributed by atoms with Gasteiger partial charge in [0.25, 0.3) is 0 Å². The van der Waals surface area contributed by atoms with E-state index in [-0.39, 0.29) is 11.6 Å². The lowest BCUT2D eigenvalue weighted by atomic mass is 9.86. The van der Waals surface area contributed by atoms with Crippen molar-refractivity contribution < 1.29 is 19.1 Å². The fraction of sp³-hybridized carbons (Fsp3) is 0.360. The standard InChI is InChI=1S/C25H27N3O4/c1-3-31-27-24(29)28-13-10-25(11-14-28)16-19-15-18(7-9-21(19)32-25)20-8-6-17-5-4-12-26-22(17)23(20)30-2/h4-9,12,15H,3,10-11,13-14,16H2,1-2H3,(H,27,29). The second kappa shape index (κ2) is 8.31.